The molecular formula is C13H12Cl2N2O2. The Labute approximate surface area is 121 Å². The number of aliphatic hydroxyl groups is 1. The summed E-state index contributed by atoms with van der Waals surface area (Å²) >= 11 is 12.1. The number of aromatic nitrogens is 2. The molecular weight excluding hydrogens is 287 g/mol. The normalized spacial score (nSPS) is 12.2. The second-order valence-electron chi connectivity index (χ2n) is 3.87. The van der Waals surface area contributed by atoms with Crippen molar-refractivity contribution < 1.29 is 9.84 Å². The molecule has 1 unspecified atom stereocenters. The maximum atomic E-state index is 10.2. The van der Waals surface area contributed by atoms with Gasteiger partial charge >= 0.3 is 0 Å². The van der Waals surface area contributed by atoms with E-state index in [4.69, 9.17) is 27.9 Å². The van der Waals surface area contributed by atoms with E-state index in [1.165, 1.54) is 19.5 Å². The minimum Gasteiger partial charge on any atom is -0.480 e. The van der Waals surface area contributed by atoms with Gasteiger partial charge in [-0.3, -0.25) is 4.98 Å². The third-order valence-electron chi connectivity index (χ3n) is 2.66. The van der Waals surface area contributed by atoms with Crippen LogP contribution in [0.3, 0.4) is 0 Å². The van der Waals surface area contributed by atoms with Crippen LogP contribution in [0.5, 0.6) is 5.88 Å². The Bertz CT molecular complexity index is 558. The zero-order valence-corrected chi connectivity index (χ0v) is 11.7. The molecule has 0 aliphatic heterocycles. The lowest BCUT2D eigenvalue weighted by Crippen LogP contribution is -2.08. The van der Waals surface area contributed by atoms with Gasteiger partial charge in [0.15, 0.2) is 0 Å². The molecule has 0 saturated carbocycles. The van der Waals surface area contributed by atoms with Crippen LogP contribution >= 0.6 is 23.2 Å². The van der Waals surface area contributed by atoms with Crippen molar-refractivity contribution in [2.24, 2.45) is 0 Å². The molecule has 0 aliphatic carbocycles. The average molecular weight is 299 g/mol. The van der Waals surface area contributed by atoms with E-state index in [1.54, 1.807) is 18.2 Å². The standard InChI is InChI=1S/C13H12Cl2N2O2/c1-19-13-12(16-5-6-17-13)11(18)7-8-9(14)3-2-4-10(8)15/h2-6,11,18H,7H2,1H3. The fourth-order valence-electron chi connectivity index (χ4n) is 1.74. The summed E-state index contributed by atoms with van der Waals surface area (Å²) in [6.45, 7) is 0. The summed E-state index contributed by atoms with van der Waals surface area (Å²) in [5.74, 6) is 0.290. The van der Waals surface area contributed by atoms with E-state index in [1.807, 2.05) is 0 Å². The van der Waals surface area contributed by atoms with Gasteiger partial charge in [-0.1, -0.05) is 29.3 Å². The first-order chi connectivity index (χ1) is 9.13. The number of methoxy groups -OCH3 is 1. The molecule has 100 valence electrons. The van der Waals surface area contributed by atoms with Crippen molar-refractivity contribution in [3.05, 3.63) is 51.9 Å². The van der Waals surface area contributed by atoms with Crippen LogP contribution in [0.1, 0.15) is 17.4 Å². The Morgan fingerprint density at radius 2 is 1.84 bits per heavy atom. The summed E-state index contributed by atoms with van der Waals surface area (Å²) in [7, 11) is 1.47. The highest BCUT2D eigenvalue weighted by molar-refractivity contribution is 6.35. The van der Waals surface area contributed by atoms with Crippen LogP contribution in [0.4, 0.5) is 0 Å². The summed E-state index contributed by atoms with van der Waals surface area (Å²) in [5, 5.41) is 11.3. The number of halogens is 2. The maximum Gasteiger partial charge on any atom is 0.238 e. The van der Waals surface area contributed by atoms with E-state index in [0.29, 0.717) is 21.3 Å². The van der Waals surface area contributed by atoms with E-state index < -0.39 is 6.10 Å². The molecule has 19 heavy (non-hydrogen) atoms. The Balaban J connectivity index is 2.28. The Morgan fingerprint density at radius 1 is 1.21 bits per heavy atom. The molecule has 6 heteroatoms. The second kappa shape index (κ2) is 6.19. The lowest BCUT2D eigenvalue weighted by Gasteiger charge is -2.14. The first-order valence-electron chi connectivity index (χ1n) is 5.59. The first kappa shape index (κ1) is 14.1. The van der Waals surface area contributed by atoms with Gasteiger partial charge in [-0.25, -0.2) is 4.98 Å². The van der Waals surface area contributed by atoms with Gasteiger partial charge in [0, 0.05) is 28.9 Å². The van der Waals surface area contributed by atoms with Crippen molar-refractivity contribution in [1.29, 1.82) is 0 Å². The van der Waals surface area contributed by atoms with E-state index >= 15 is 0 Å². The van der Waals surface area contributed by atoms with Gasteiger partial charge < -0.3 is 9.84 Å². The Morgan fingerprint density at radius 3 is 2.47 bits per heavy atom. The zero-order valence-electron chi connectivity index (χ0n) is 10.2. The molecule has 0 radical (unpaired) electrons. The summed E-state index contributed by atoms with van der Waals surface area (Å²) < 4.78 is 5.07. The molecule has 0 saturated heterocycles. The molecule has 1 atom stereocenters. The van der Waals surface area contributed by atoms with Gasteiger partial charge in [0.25, 0.3) is 0 Å². The number of nitrogens with zero attached hydrogens (tertiary/aromatic N) is 2. The lowest BCUT2D eigenvalue weighted by atomic mass is 10.1. The van der Waals surface area contributed by atoms with Crippen molar-refractivity contribution >= 4 is 23.2 Å². The number of aliphatic hydroxyl groups excluding tert-OH is 1. The maximum absolute atomic E-state index is 10.2. The van der Waals surface area contributed by atoms with Crippen molar-refractivity contribution in [2.75, 3.05) is 7.11 Å². The van der Waals surface area contributed by atoms with Crippen LogP contribution < -0.4 is 4.74 Å². The van der Waals surface area contributed by atoms with E-state index in [0.717, 1.165) is 0 Å². The van der Waals surface area contributed by atoms with Crippen LogP contribution in [-0.2, 0) is 6.42 Å². The average Bonchev–Trinajstić information content (AvgIpc) is 2.42. The molecule has 0 amide bonds. The summed E-state index contributed by atoms with van der Waals surface area (Å²) in [6.07, 6.45) is 2.35. The molecule has 2 rings (SSSR count). The van der Waals surface area contributed by atoms with Gasteiger partial charge in [-0.2, -0.15) is 0 Å². The van der Waals surface area contributed by atoms with E-state index in [9.17, 15) is 5.11 Å². The van der Waals surface area contributed by atoms with Crippen LogP contribution in [0.15, 0.2) is 30.6 Å². The monoisotopic (exact) mass is 298 g/mol. The molecule has 0 bridgehead atoms. The van der Waals surface area contributed by atoms with Crippen LogP contribution in [0, 0.1) is 0 Å². The van der Waals surface area contributed by atoms with E-state index in [-0.39, 0.29) is 12.3 Å². The highest BCUT2D eigenvalue weighted by atomic mass is 35.5. The fraction of sp³-hybridized carbons (Fsp3) is 0.231. The third kappa shape index (κ3) is 3.15. The molecule has 0 spiro atoms. The summed E-state index contributed by atoms with van der Waals surface area (Å²) in [4.78, 5) is 8.08. The van der Waals surface area contributed by atoms with Crippen molar-refractivity contribution in [3.63, 3.8) is 0 Å². The minimum atomic E-state index is -0.888. The van der Waals surface area contributed by atoms with Gasteiger partial charge in [-0.15, -0.1) is 0 Å². The van der Waals surface area contributed by atoms with Crippen molar-refractivity contribution in [2.45, 2.75) is 12.5 Å². The SMILES string of the molecule is COc1nccnc1C(O)Cc1c(Cl)cccc1Cl. The Kier molecular flexibility index (Phi) is 4.58. The summed E-state index contributed by atoms with van der Waals surface area (Å²) in [6, 6.07) is 5.20. The minimum absolute atomic E-state index is 0.244. The third-order valence-corrected chi connectivity index (χ3v) is 3.37. The van der Waals surface area contributed by atoms with Crippen LogP contribution in [0.2, 0.25) is 10.0 Å². The topological polar surface area (TPSA) is 55.2 Å². The van der Waals surface area contributed by atoms with Crippen molar-refractivity contribution in [1.82, 2.24) is 9.97 Å². The molecule has 0 fully saturated rings. The zero-order chi connectivity index (χ0) is 13.8. The molecule has 1 N–H and O–H groups in total. The fourth-order valence-corrected chi connectivity index (χ4v) is 2.29. The van der Waals surface area contributed by atoms with Crippen LogP contribution in [-0.4, -0.2) is 22.2 Å². The lowest BCUT2D eigenvalue weighted by molar-refractivity contribution is 0.167. The van der Waals surface area contributed by atoms with Gasteiger partial charge in [-0.05, 0) is 17.7 Å². The smallest absolute Gasteiger partial charge is 0.238 e. The van der Waals surface area contributed by atoms with E-state index in [2.05, 4.69) is 9.97 Å². The predicted molar refractivity (Wildman–Crippen MR) is 73.7 cm³/mol. The highest BCUT2D eigenvalue weighted by Crippen LogP contribution is 2.30. The molecule has 0 aliphatic rings. The van der Waals surface area contributed by atoms with Gasteiger partial charge in [0.05, 0.1) is 7.11 Å². The number of rotatable bonds is 4. The quantitative estimate of drug-likeness (QED) is 0.942. The molecule has 1 aromatic carbocycles. The molecule has 4 nitrogen and oxygen atoms in total. The largest absolute Gasteiger partial charge is 0.480 e. The number of ether oxygens (including phenoxy) is 1. The molecule has 1 aromatic heterocycles. The molecule has 1 heterocycles. The number of benzene rings is 1. The predicted octanol–water partition coefficient (Wildman–Crippen LogP) is 3.07. The number of hydrogen-bond donors (Lipinski definition) is 1. The van der Waals surface area contributed by atoms with Crippen LogP contribution in [0.25, 0.3) is 0 Å². The second-order valence-corrected chi connectivity index (χ2v) is 4.69. The summed E-state index contributed by atoms with van der Waals surface area (Å²) in [5.41, 5.74) is 1.03. The van der Waals surface area contributed by atoms with Gasteiger partial charge in [0.1, 0.15) is 11.8 Å². The molecule has 2 aromatic rings. The number of hydrogen-bond acceptors (Lipinski definition) is 4. The van der Waals surface area contributed by atoms with Gasteiger partial charge in [0.2, 0.25) is 5.88 Å². The first-order valence-corrected chi connectivity index (χ1v) is 6.35. The highest BCUT2D eigenvalue weighted by Gasteiger charge is 2.19. The van der Waals surface area contributed by atoms with Crippen molar-refractivity contribution in [3.8, 4) is 5.88 Å². The Hall–Kier alpha value is -1.36.